The van der Waals surface area contributed by atoms with E-state index >= 15 is 0 Å². The lowest BCUT2D eigenvalue weighted by Gasteiger charge is -2.07. The van der Waals surface area contributed by atoms with Crippen molar-refractivity contribution >= 4 is 17.5 Å². The van der Waals surface area contributed by atoms with E-state index in [9.17, 15) is 9.59 Å². The first kappa shape index (κ1) is 15.1. The molecule has 0 aromatic carbocycles. The number of nitrogens with one attached hydrogen (secondary N) is 2. The number of carbonyl (C=O) groups is 2. The molecule has 5 heteroatoms. The Labute approximate surface area is 113 Å². The van der Waals surface area contributed by atoms with E-state index in [1.807, 2.05) is 0 Å². The second-order valence-corrected chi connectivity index (χ2v) is 4.82. The highest BCUT2D eigenvalue weighted by molar-refractivity contribution is 5.93. The summed E-state index contributed by atoms with van der Waals surface area (Å²) in [6.07, 6.45) is 4.55. The number of hydrogen-bond acceptors (Lipinski definition) is 3. The molecule has 2 N–H and O–H groups in total. The van der Waals surface area contributed by atoms with Crippen molar-refractivity contribution in [3.8, 4) is 0 Å². The average molecular weight is 263 g/mol. The number of nitrogens with zero attached hydrogens (tertiary/aromatic N) is 1. The first-order valence-corrected chi connectivity index (χ1v) is 6.54. The van der Waals surface area contributed by atoms with Crippen molar-refractivity contribution in [1.82, 2.24) is 10.3 Å². The van der Waals surface area contributed by atoms with Crippen LogP contribution in [0.3, 0.4) is 0 Å². The lowest BCUT2D eigenvalue weighted by molar-refractivity contribution is -0.124. The Morgan fingerprint density at radius 3 is 2.63 bits per heavy atom. The summed E-state index contributed by atoms with van der Waals surface area (Å²) >= 11 is 0. The zero-order valence-corrected chi connectivity index (χ0v) is 11.5. The van der Waals surface area contributed by atoms with Crippen molar-refractivity contribution in [2.75, 3.05) is 11.9 Å². The summed E-state index contributed by atoms with van der Waals surface area (Å²) in [6, 6.07) is 3.50. The Bertz CT molecular complexity index is 404. The van der Waals surface area contributed by atoms with Crippen LogP contribution < -0.4 is 10.6 Å². The highest BCUT2D eigenvalue weighted by Crippen LogP contribution is 2.04. The molecule has 1 aromatic heterocycles. The molecule has 0 unspecified atom stereocenters. The Hall–Kier alpha value is -1.91. The van der Waals surface area contributed by atoms with Crippen LogP contribution >= 0.6 is 0 Å². The maximum Gasteiger partial charge on any atom is 0.224 e. The van der Waals surface area contributed by atoms with Gasteiger partial charge in [0.15, 0.2) is 0 Å². The van der Waals surface area contributed by atoms with Gasteiger partial charge in [0.25, 0.3) is 0 Å². The monoisotopic (exact) mass is 263 g/mol. The normalized spacial score (nSPS) is 10.3. The molecule has 0 saturated heterocycles. The molecule has 0 fully saturated rings. The molecule has 19 heavy (non-hydrogen) atoms. The Morgan fingerprint density at radius 1 is 1.26 bits per heavy atom. The molecule has 0 atom stereocenters. The van der Waals surface area contributed by atoms with Crippen molar-refractivity contribution in [3.05, 3.63) is 24.5 Å². The van der Waals surface area contributed by atoms with Crippen LogP contribution in [0.2, 0.25) is 0 Å². The highest BCUT2D eigenvalue weighted by atomic mass is 16.2. The molecule has 5 nitrogen and oxygen atoms in total. The molecule has 0 aliphatic rings. The predicted octanol–water partition coefficient (Wildman–Crippen LogP) is 1.96. The van der Waals surface area contributed by atoms with Crippen LogP contribution in [0.1, 0.15) is 33.1 Å². The number of anilines is 1. The zero-order valence-electron chi connectivity index (χ0n) is 11.5. The van der Waals surface area contributed by atoms with E-state index < -0.39 is 0 Å². The third-order valence-electron chi connectivity index (χ3n) is 2.57. The number of rotatable bonds is 7. The van der Waals surface area contributed by atoms with E-state index in [0.29, 0.717) is 18.2 Å². The zero-order chi connectivity index (χ0) is 14.1. The predicted molar refractivity (Wildman–Crippen MR) is 74.6 cm³/mol. The minimum absolute atomic E-state index is 0.0815. The van der Waals surface area contributed by atoms with Gasteiger partial charge in [0.2, 0.25) is 11.8 Å². The fourth-order valence-corrected chi connectivity index (χ4v) is 1.48. The van der Waals surface area contributed by atoms with Gasteiger partial charge < -0.3 is 10.6 Å². The highest BCUT2D eigenvalue weighted by Gasteiger charge is 2.07. The lowest BCUT2D eigenvalue weighted by Crippen LogP contribution is -2.26. The maximum atomic E-state index is 11.6. The molecule has 104 valence electrons. The minimum atomic E-state index is -0.174. The van der Waals surface area contributed by atoms with Gasteiger partial charge in [-0.25, -0.2) is 0 Å². The van der Waals surface area contributed by atoms with Crippen LogP contribution in [0.5, 0.6) is 0 Å². The maximum absolute atomic E-state index is 11.6. The number of carbonyl (C=O) groups excluding carboxylic acids is 2. The second kappa shape index (κ2) is 8.24. The molecular formula is C14H21N3O2. The standard InChI is InChI=1S/C14H21N3O2/c1-11(2)7-9-16-13(18)5-6-14(19)17-12-4-3-8-15-10-12/h3-4,8,10-11H,5-7,9H2,1-2H3,(H,16,18)(H,17,19). The van der Waals surface area contributed by atoms with Crippen LogP contribution in [0, 0.1) is 5.92 Å². The molecule has 0 spiro atoms. The molecule has 0 aliphatic carbocycles. The van der Waals surface area contributed by atoms with Crippen molar-refractivity contribution in [3.63, 3.8) is 0 Å². The Kier molecular flexibility index (Phi) is 6.57. The van der Waals surface area contributed by atoms with Gasteiger partial charge in [-0.15, -0.1) is 0 Å². The number of pyridine rings is 1. The fraction of sp³-hybridized carbons (Fsp3) is 0.500. The van der Waals surface area contributed by atoms with E-state index in [4.69, 9.17) is 0 Å². The van der Waals surface area contributed by atoms with Gasteiger partial charge in [-0.3, -0.25) is 14.6 Å². The van der Waals surface area contributed by atoms with Crippen molar-refractivity contribution in [2.24, 2.45) is 5.92 Å². The summed E-state index contributed by atoms with van der Waals surface area (Å²) in [5, 5.41) is 5.49. The molecular weight excluding hydrogens is 242 g/mol. The number of hydrogen-bond donors (Lipinski definition) is 2. The van der Waals surface area contributed by atoms with Crippen LogP contribution in [-0.2, 0) is 9.59 Å². The minimum Gasteiger partial charge on any atom is -0.356 e. The molecule has 0 radical (unpaired) electrons. The van der Waals surface area contributed by atoms with Crippen molar-refractivity contribution in [2.45, 2.75) is 33.1 Å². The van der Waals surface area contributed by atoms with Crippen LogP contribution in [-0.4, -0.2) is 23.3 Å². The summed E-state index contributed by atoms with van der Waals surface area (Å²) in [5.74, 6) is 0.308. The van der Waals surface area contributed by atoms with E-state index in [0.717, 1.165) is 6.42 Å². The summed E-state index contributed by atoms with van der Waals surface area (Å²) in [5.41, 5.74) is 0.646. The van der Waals surface area contributed by atoms with Gasteiger partial charge in [-0.05, 0) is 24.5 Å². The second-order valence-electron chi connectivity index (χ2n) is 4.82. The van der Waals surface area contributed by atoms with Gasteiger partial charge in [0, 0.05) is 25.6 Å². The smallest absolute Gasteiger partial charge is 0.224 e. The van der Waals surface area contributed by atoms with Crippen molar-refractivity contribution in [1.29, 1.82) is 0 Å². The number of amides is 2. The largest absolute Gasteiger partial charge is 0.356 e. The molecule has 1 aromatic rings. The summed E-state index contributed by atoms with van der Waals surface area (Å²) in [4.78, 5) is 27.0. The first-order valence-electron chi connectivity index (χ1n) is 6.54. The quantitative estimate of drug-likeness (QED) is 0.790. The molecule has 0 aliphatic heterocycles. The molecule has 1 rings (SSSR count). The molecule has 2 amide bonds. The van der Waals surface area contributed by atoms with Gasteiger partial charge in [0.05, 0.1) is 11.9 Å². The third kappa shape index (κ3) is 7.18. The SMILES string of the molecule is CC(C)CCNC(=O)CCC(=O)Nc1cccnc1. The first-order chi connectivity index (χ1) is 9.08. The van der Waals surface area contributed by atoms with E-state index in [1.165, 1.54) is 0 Å². The third-order valence-corrected chi connectivity index (χ3v) is 2.57. The average Bonchev–Trinajstić information content (AvgIpc) is 2.37. The summed E-state index contributed by atoms with van der Waals surface area (Å²) in [6.45, 7) is 4.88. The summed E-state index contributed by atoms with van der Waals surface area (Å²) in [7, 11) is 0. The van der Waals surface area contributed by atoms with E-state index in [1.54, 1.807) is 24.5 Å². The molecule has 1 heterocycles. The Morgan fingerprint density at radius 2 is 2.00 bits per heavy atom. The molecule has 0 bridgehead atoms. The number of aromatic nitrogens is 1. The van der Waals surface area contributed by atoms with E-state index in [-0.39, 0.29) is 24.7 Å². The van der Waals surface area contributed by atoms with Crippen LogP contribution in [0.4, 0.5) is 5.69 Å². The van der Waals surface area contributed by atoms with Crippen LogP contribution in [0.15, 0.2) is 24.5 Å². The van der Waals surface area contributed by atoms with E-state index in [2.05, 4.69) is 29.5 Å². The summed E-state index contributed by atoms with van der Waals surface area (Å²) < 4.78 is 0. The Balaban J connectivity index is 2.18. The van der Waals surface area contributed by atoms with Crippen molar-refractivity contribution < 1.29 is 9.59 Å². The molecule has 0 saturated carbocycles. The van der Waals surface area contributed by atoms with Gasteiger partial charge in [-0.1, -0.05) is 13.8 Å². The van der Waals surface area contributed by atoms with Gasteiger partial charge >= 0.3 is 0 Å². The fourth-order valence-electron chi connectivity index (χ4n) is 1.48. The topological polar surface area (TPSA) is 71.1 Å². The lowest BCUT2D eigenvalue weighted by atomic mass is 10.1. The van der Waals surface area contributed by atoms with Crippen LogP contribution in [0.25, 0.3) is 0 Å². The van der Waals surface area contributed by atoms with Gasteiger partial charge in [0.1, 0.15) is 0 Å². The van der Waals surface area contributed by atoms with Gasteiger partial charge in [-0.2, -0.15) is 0 Å².